The van der Waals surface area contributed by atoms with E-state index in [1.807, 2.05) is 18.4 Å². The number of pyridine rings is 1. The first-order chi connectivity index (χ1) is 20.7. The number of nitrogens with two attached hydrogens (primary N) is 1. The van der Waals surface area contributed by atoms with Crippen molar-refractivity contribution < 1.29 is 22.3 Å². The van der Waals surface area contributed by atoms with Crippen molar-refractivity contribution >= 4 is 22.9 Å². The predicted octanol–water partition coefficient (Wildman–Crippen LogP) is 5.28. The number of halogens is 4. The zero-order valence-electron chi connectivity index (χ0n) is 24.2. The van der Waals surface area contributed by atoms with E-state index in [4.69, 9.17) is 5.84 Å². The van der Waals surface area contributed by atoms with Gasteiger partial charge in [-0.15, -0.1) is 13.2 Å². The molecule has 1 saturated heterocycles. The summed E-state index contributed by atoms with van der Waals surface area (Å²) >= 11 is 0. The topological polar surface area (TPSA) is 110 Å². The molecule has 0 spiro atoms. The minimum absolute atomic E-state index is 0.0446. The Bertz CT molecular complexity index is 1510. The predicted molar refractivity (Wildman–Crippen MR) is 155 cm³/mol. The van der Waals surface area contributed by atoms with E-state index < -0.39 is 18.2 Å². The van der Waals surface area contributed by atoms with Crippen molar-refractivity contribution in [1.82, 2.24) is 29.4 Å². The van der Waals surface area contributed by atoms with Crippen molar-refractivity contribution in [2.45, 2.75) is 58.6 Å². The Hall–Kier alpha value is -4.04. The van der Waals surface area contributed by atoms with Gasteiger partial charge in [-0.2, -0.15) is 9.97 Å². The minimum Gasteiger partial charge on any atom is -0.404 e. The summed E-state index contributed by atoms with van der Waals surface area (Å²) in [6.45, 7) is 8.60. The number of anilines is 2. The van der Waals surface area contributed by atoms with Crippen LogP contribution in [0.2, 0.25) is 0 Å². The molecule has 0 radical (unpaired) electrons. The minimum atomic E-state index is -4.81. The molecule has 3 aromatic heterocycles. The zero-order chi connectivity index (χ0) is 30.7. The molecule has 2 atom stereocenters. The summed E-state index contributed by atoms with van der Waals surface area (Å²) in [5.74, 6) is 6.53. The number of fused-ring (bicyclic) bond motifs is 1. The van der Waals surface area contributed by atoms with Crippen LogP contribution in [0.15, 0.2) is 48.9 Å². The van der Waals surface area contributed by atoms with Crippen LogP contribution in [0.5, 0.6) is 5.75 Å². The van der Waals surface area contributed by atoms with Crippen molar-refractivity contribution in [3.63, 3.8) is 0 Å². The summed E-state index contributed by atoms with van der Waals surface area (Å²) in [6, 6.07) is 8.33. The lowest BCUT2D eigenvalue weighted by atomic mass is 9.99. The van der Waals surface area contributed by atoms with Gasteiger partial charge < -0.3 is 14.2 Å². The Morgan fingerprint density at radius 1 is 1.05 bits per heavy atom. The van der Waals surface area contributed by atoms with Crippen LogP contribution in [-0.4, -0.2) is 61.4 Å². The summed E-state index contributed by atoms with van der Waals surface area (Å²) in [7, 11) is 0. The average molecular weight is 602 g/mol. The van der Waals surface area contributed by atoms with Gasteiger partial charge in [0.2, 0.25) is 5.95 Å². The summed E-state index contributed by atoms with van der Waals surface area (Å²) in [5, 5.41) is 0. The lowest BCUT2D eigenvalue weighted by Crippen LogP contribution is -2.53. The third-order valence-corrected chi connectivity index (χ3v) is 7.48. The van der Waals surface area contributed by atoms with Crippen molar-refractivity contribution in [3.05, 3.63) is 66.0 Å². The van der Waals surface area contributed by atoms with E-state index in [9.17, 15) is 17.6 Å². The largest absolute Gasteiger partial charge is 0.573 e. The monoisotopic (exact) mass is 601 g/mol. The van der Waals surface area contributed by atoms with Gasteiger partial charge in [0.25, 0.3) is 0 Å². The molecule has 3 N–H and O–H groups in total. The van der Waals surface area contributed by atoms with Gasteiger partial charge in [0.15, 0.2) is 17.0 Å². The normalized spacial score (nSPS) is 18.2. The highest BCUT2D eigenvalue weighted by molar-refractivity contribution is 5.85. The van der Waals surface area contributed by atoms with Gasteiger partial charge in [-0.25, -0.2) is 15.2 Å². The van der Waals surface area contributed by atoms with E-state index in [0.717, 1.165) is 24.0 Å². The number of ether oxygens (including phenoxy) is 1. The van der Waals surface area contributed by atoms with E-state index in [1.165, 1.54) is 37.1 Å². The number of piperazine rings is 1. The van der Waals surface area contributed by atoms with E-state index in [2.05, 4.69) is 46.8 Å². The number of nitrogen functional groups attached to an aromatic ring is 1. The van der Waals surface area contributed by atoms with Crippen molar-refractivity contribution in [3.8, 4) is 5.75 Å². The molecule has 0 amide bonds. The van der Waals surface area contributed by atoms with Gasteiger partial charge in [0, 0.05) is 32.2 Å². The van der Waals surface area contributed by atoms with Gasteiger partial charge in [-0.1, -0.05) is 26.0 Å². The molecule has 43 heavy (non-hydrogen) atoms. The highest BCUT2D eigenvalue weighted by Crippen LogP contribution is 2.35. The highest BCUT2D eigenvalue weighted by Gasteiger charge is 2.35. The van der Waals surface area contributed by atoms with Crippen LogP contribution < -0.4 is 20.9 Å². The standard InChI is InChI=1S/C27H29F4N9O.C2H6/c1-16-13-38(23(18-4-6-19(28)7-5-18)21-9-8-20(12-33-21)41-27(29,30)31)10-11-40(16)25-22-24(35-26(36-25)37-32)39(15-34-22)14-17-2-3-17;1-2/h4-9,12,15-17,23H,2-3,10-11,13-14,32H2,1H3,(H,35,36,37);1-2H3. The Kier molecular flexibility index (Phi) is 8.97. The highest BCUT2D eigenvalue weighted by atomic mass is 19.4. The summed E-state index contributed by atoms with van der Waals surface area (Å²) < 4.78 is 57.9. The molecule has 2 unspecified atom stereocenters. The number of nitrogens with zero attached hydrogens (tertiary/aromatic N) is 7. The molecule has 6 rings (SSSR count). The van der Waals surface area contributed by atoms with Crippen LogP contribution in [0.3, 0.4) is 0 Å². The van der Waals surface area contributed by atoms with Crippen LogP contribution in [0.1, 0.15) is 50.9 Å². The van der Waals surface area contributed by atoms with Gasteiger partial charge >= 0.3 is 6.36 Å². The quantitative estimate of drug-likeness (QED) is 0.158. The maximum Gasteiger partial charge on any atom is 0.573 e. The summed E-state index contributed by atoms with van der Waals surface area (Å²) in [5.41, 5.74) is 5.27. The number of rotatable bonds is 8. The molecule has 230 valence electrons. The van der Waals surface area contributed by atoms with Crippen LogP contribution in [0, 0.1) is 11.7 Å². The van der Waals surface area contributed by atoms with E-state index >= 15 is 0 Å². The molecule has 2 fully saturated rings. The second-order valence-corrected chi connectivity index (χ2v) is 10.5. The summed E-state index contributed by atoms with van der Waals surface area (Å²) in [4.78, 5) is 22.5. The SMILES string of the molecule is CC.CC1CN(C(c2ccc(F)cc2)c2ccc(OC(F)(F)F)cn2)CCN1c1nc(NN)nc2c1ncn2CC1CC1. The second kappa shape index (κ2) is 12.7. The molecule has 1 aliphatic heterocycles. The molecule has 2 aliphatic rings. The number of hydrogen-bond acceptors (Lipinski definition) is 9. The number of nitrogens with one attached hydrogen (secondary N) is 1. The number of hydrogen-bond donors (Lipinski definition) is 2. The molecular weight excluding hydrogens is 566 g/mol. The molecule has 0 bridgehead atoms. The third kappa shape index (κ3) is 6.96. The number of alkyl halides is 3. The first kappa shape index (κ1) is 30.4. The molecule has 4 aromatic rings. The molecule has 4 heterocycles. The van der Waals surface area contributed by atoms with Crippen LogP contribution >= 0.6 is 0 Å². The van der Waals surface area contributed by atoms with Crippen LogP contribution in [0.4, 0.5) is 29.3 Å². The van der Waals surface area contributed by atoms with Gasteiger partial charge in [-0.3, -0.25) is 15.3 Å². The Labute approximate surface area is 246 Å². The fourth-order valence-electron chi connectivity index (χ4n) is 5.40. The fourth-order valence-corrected chi connectivity index (χ4v) is 5.40. The molecule has 14 heteroatoms. The van der Waals surface area contributed by atoms with Crippen LogP contribution in [0.25, 0.3) is 11.2 Å². The number of aromatic nitrogens is 5. The Balaban J connectivity index is 0.00000180. The smallest absolute Gasteiger partial charge is 0.404 e. The zero-order valence-corrected chi connectivity index (χ0v) is 24.2. The maximum atomic E-state index is 13.8. The Morgan fingerprint density at radius 3 is 2.40 bits per heavy atom. The average Bonchev–Trinajstić information content (AvgIpc) is 3.73. The van der Waals surface area contributed by atoms with Crippen LogP contribution in [-0.2, 0) is 6.54 Å². The third-order valence-electron chi connectivity index (χ3n) is 7.48. The van der Waals surface area contributed by atoms with E-state index in [1.54, 1.807) is 18.5 Å². The van der Waals surface area contributed by atoms with E-state index in [0.29, 0.717) is 48.5 Å². The lowest BCUT2D eigenvalue weighted by molar-refractivity contribution is -0.274. The number of imidazole rings is 1. The number of benzene rings is 1. The molecule has 1 aromatic carbocycles. The molecule has 1 aliphatic carbocycles. The molecule has 1 saturated carbocycles. The van der Waals surface area contributed by atoms with Crippen molar-refractivity contribution in [2.75, 3.05) is 30.0 Å². The molecule has 10 nitrogen and oxygen atoms in total. The first-order valence-electron chi connectivity index (χ1n) is 14.4. The van der Waals surface area contributed by atoms with Gasteiger partial charge in [0.05, 0.1) is 24.3 Å². The molecular formula is C29H35F4N9O. The maximum absolute atomic E-state index is 13.8. The fraction of sp³-hybridized carbons (Fsp3) is 0.448. The van der Waals surface area contributed by atoms with Crippen molar-refractivity contribution in [2.24, 2.45) is 11.8 Å². The van der Waals surface area contributed by atoms with Gasteiger partial charge in [-0.05, 0) is 55.5 Å². The lowest BCUT2D eigenvalue weighted by Gasteiger charge is -2.43. The second-order valence-electron chi connectivity index (χ2n) is 10.5. The first-order valence-corrected chi connectivity index (χ1v) is 14.4. The van der Waals surface area contributed by atoms with Crippen molar-refractivity contribution in [1.29, 1.82) is 0 Å². The van der Waals surface area contributed by atoms with Gasteiger partial charge in [0.1, 0.15) is 11.6 Å². The summed E-state index contributed by atoms with van der Waals surface area (Å²) in [6.07, 6.45) is 0.424. The Morgan fingerprint density at radius 2 is 1.79 bits per heavy atom. The number of hydrazine groups is 1. The van der Waals surface area contributed by atoms with E-state index in [-0.39, 0.29) is 11.9 Å².